The molecular formula is C21H23ClN4O2. The first-order valence-electron chi connectivity index (χ1n) is 9.38. The van der Waals surface area contributed by atoms with Gasteiger partial charge in [-0.25, -0.2) is 9.78 Å². The molecule has 0 radical (unpaired) electrons. The number of nitrogens with one attached hydrogen (secondary N) is 1. The van der Waals surface area contributed by atoms with E-state index in [0.717, 1.165) is 35.4 Å². The van der Waals surface area contributed by atoms with Crippen LogP contribution in [0.4, 0.5) is 10.5 Å². The highest BCUT2D eigenvalue weighted by Crippen LogP contribution is 2.21. The highest BCUT2D eigenvalue weighted by Gasteiger charge is 2.22. The van der Waals surface area contributed by atoms with Crippen molar-refractivity contribution in [2.75, 3.05) is 31.5 Å². The lowest BCUT2D eigenvalue weighted by atomic mass is 10.1. The van der Waals surface area contributed by atoms with Crippen molar-refractivity contribution in [1.82, 2.24) is 14.8 Å². The SMILES string of the molecule is Cc1ccc(C)c(NC(=O)N2CCN(Cc3nc4ccc(Cl)cc4o3)CC2)c1. The molecule has 0 spiro atoms. The maximum atomic E-state index is 12.6. The molecule has 1 aliphatic heterocycles. The monoisotopic (exact) mass is 398 g/mol. The summed E-state index contributed by atoms with van der Waals surface area (Å²) in [4.78, 5) is 21.2. The standard InChI is InChI=1S/C21H23ClN4O2/c1-14-3-4-15(2)18(11-14)24-21(27)26-9-7-25(8-10-26)13-20-23-17-6-5-16(22)12-19(17)28-20/h3-6,11-12H,7-10,13H2,1-2H3,(H,24,27). The van der Waals surface area contributed by atoms with Gasteiger partial charge in [-0.05, 0) is 43.2 Å². The minimum Gasteiger partial charge on any atom is -0.439 e. The van der Waals surface area contributed by atoms with E-state index in [1.165, 1.54) is 0 Å². The summed E-state index contributed by atoms with van der Waals surface area (Å²) in [5.74, 6) is 0.672. The first kappa shape index (κ1) is 18.8. The predicted molar refractivity (Wildman–Crippen MR) is 111 cm³/mol. The second kappa shape index (κ2) is 7.81. The minimum absolute atomic E-state index is 0.0511. The Labute approximate surface area is 169 Å². The Hall–Kier alpha value is -2.57. The largest absolute Gasteiger partial charge is 0.439 e. The average molecular weight is 399 g/mol. The summed E-state index contributed by atoms with van der Waals surface area (Å²) in [5.41, 5.74) is 4.58. The third-order valence-corrected chi connectivity index (χ3v) is 5.28. The topological polar surface area (TPSA) is 61.6 Å². The number of piperazine rings is 1. The smallest absolute Gasteiger partial charge is 0.321 e. The van der Waals surface area contributed by atoms with Crippen molar-refractivity contribution in [3.8, 4) is 0 Å². The van der Waals surface area contributed by atoms with Crippen LogP contribution < -0.4 is 5.32 Å². The van der Waals surface area contributed by atoms with Gasteiger partial charge in [0.25, 0.3) is 0 Å². The van der Waals surface area contributed by atoms with Crippen LogP contribution in [0.3, 0.4) is 0 Å². The summed E-state index contributed by atoms with van der Waals surface area (Å²) in [6.07, 6.45) is 0. The van der Waals surface area contributed by atoms with Crippen molar-refractivity contribution >= 4 is 34.4 Å². The number of urea groups is 1. The van der Waals surface area contributed by atoms with Crippen molar-refractivity contribution in [1.29, 1.82) is 0 Å². The van der Waals surface area contributed by atoms with Crippen molar-refractivity contribution < 1.29 is 9.21 Å². The molecule has 1 N–H and O–H groups in total. The maximum absolute atomic E-state index is 12.6. The van der Waals surface area contributed by atoms with Gasteiger partial charge in [-0.2, -0.15) is 0 Å². The summed E-state index contributed by atoms with van der Waals surface area (Å²) < 4.78 is 5.80. The van der Waals surface area contributed by atoms with Gasteiger partial charge in [-0.3, -0.25) is 4.90 Å². The zero-order valence-corrected chi connectivity index (χ0v) is 16.8. The third-order valence-electron chi connectivity index (χ3n) is 5.05. The highest BCUT2D eigenvalue weighted by atomic mass is 35.5. The predicted octanol–water partition coefficient (Wildman–Crippen LogP) is 4.45. The van der Waals surface area contributed by atoms with Crippen molar-refractivity contribution in [2.24, 2.45) is 0 Å². The van der Waals surface area contributed by atoms with Gasteiger partial charge in [0.15, 0.2) is 5.58 Å². The van der Waals surface area contributed by atoms with E-state index in [9.17, 15) is 4.79 Å². The van der Waals surface area contributed by atoms with E-state index in [0.29, 0.717) is 36.1 Å². The van der Waals surface area contributed by atoms with Gasteiger partial charge >= 0.3 is 6.03 Å². The number of carbonyl (C=O) groups excluding carboxylic acids is 1. The summed E-state index contributed by atoms with van der Waals surface area (Å²) >= 11 is 6.00. The van der Waals surface area contributed by atoms with Gasteiger partial charge in [-0.15, -0.1) is 0 Å². The van der Waals surface area contributed by atoms with Crippen LogP contribution in [-0.2, 0) is 6.54 Å². The molecule has 3 aromatic rings. The minimum atomic E-state index is -0.0511. The fourth-order valence-electron chi connectivity index (χ4n) is 3.38. The number of hydrogen-bond acceptors (Lipinski definition) is 4. The number of benzene rings is 2. The molecule has 2 aromatic carbocycles. The Morgan fingerprint density at radius 1 is 1.14 bits per heavy atom. The molecule has 0 saturated carbocycles. The second-order valence-electron chi connectivity index (χ2n) is 7.23. The Morgan fingerprint density at radius 2 is 1.93 bits per heavy atom. The number of fused-ring (bicyclic) bond motifs is 1. The molecule has 0 bridgehead atoms. The number of anilines is 1. The van der Waals surface area contributed by atoms with Crippen molar-refractivity contribution in [2.45, 2.75) is 20.4 Å². The van der Waals surface area contributed by atoms with Gasteiger partial charge in [0.1, 0.15) is 5.52 Å². The molecule has 0 unspecified atom stereocenters. The molecule has 0 aliphatic carbocycles. The van der Waals surface area contributed by atoms with E-state index in [4.69, 9.17) is 16.0 Å². The molecular weight excluding hydrogens is 376 g/mol. The summed E-state index contributed by atoms with van der Waals surface area (Å²) in [5, 5.41) is 3.67. The zero-order valence-electron chi connectivity index (χ0n) is 16.0. The molecule has 2 heterocycles. The van der Waals surface area contributed by atoms with Crippen molar-refractivity contribution in [3.05, 3.63) is 58.4 Å². The second-order valence-corrected chi connectivity index (χ2v) is 7.67. The lowest BCUT2D eigenvalue weighted by Gasteiger charge is -2.34. The quantitative estimate of drug-likeness (QED) is 0.708. The first-order chi connectivity index (χ1) is 13.5. The number of hydrogen-bond donors (Lipinski definition) is 1. The molecule has 1 aliphatic rings. The number of nitrogens with zero attached hydrogens (tertiary/aromatic N) is 3. The normalized spacial score (nSPS) is 15.2. The van der Waals surface area contributed by atoms with Crippen LogP contribution in [0.1, 0.15) is 17.0 Å². The Bertz CT molecular complexity index is 1010. The number of oxazole rings is 1. The number of halogens is 1. The summed E-state index contributed by atoms with van der Waals surface area (Å²) in [6, 6.07) is 11.5. The number of aromatic nitrogens is 1. The van der Waals surface area contributed by atoms with Crippen LogP contribution in [-0.4, -0.2) is 47.0 Å². The Kier molecular flexibility index (Phi) is 5.24. The lowest BCUT2D eigenvalue weighted by molar-refractivity contribution is 0.136. The molecule has 146 valence electrons. The molecule has 2 amide bonds. The van der Waals surface area contributed by atoms with Gasteiger partial charge in [0.2, 0.25) is 5.89 Å². The molecule has 7 heteroatoms. The van der Waals surface area contributed by atoms with E-state index < -0.39 is 0 Å². The van der Waals surface area contributed by atoms with E-state index in [2.05, 4.69) is 15.2 Å². The molecule has 1 saturated heterocycles. The number of rotatable bonds is 3. The van der Waals surface area contributed by atoms with Gasteiger partial charge in [0, 0.05) is 43.0 Å². The van der Waals surface area contributed by atoms with Crippen LogP contribution in [0.25, 0.3) is 11.1 Å². The van der Waals surface area contributed by atoms with E-state index >= 15 is 0 Å². The van der Waals surface area contributed by atoms with Crippen LogP contribution in [0, 0.1) is 13.8 Å². The molecule has 4 rings (SSSR count). The average Bonchev–Trinajstić information content (AvgIpc) is 3.06. The fourth-order valence-corrected chi connectivity index (χ4v) is 3.54. The van der Waals surface area contributed by atoms with Crippen LogP contribution in [0.15, 0.2) is 40.8 Å². The number of amides is 2. The molecule has 0 atom stereocenters. The van der Waals surface area contributed by atoms with Crippen LogP contribution in [0.5, 0.6) is 0 Å². The van der Waals surface area contributed by atoms with Crippen LogP contribution >= 0.6 is 11.6 Å². The van der Waals surface area contributed by atoms with Crippen LogP contribution in [0.2, 0.25) is 5.02 Å². The maximum Gasteiger partial charge on any atom is 0.321 e. The van der Waals surface area contributed by atoms with Gasteiger partial charge in [0.05, 0.1) is 6.54 Å². The first-order valence-corrected chi connectivity index (χ1v) is 9.76. The zero-order chi connectivity index (χ0) is 19.7. The van der Waals surface area contributed by atoms with E-state index in [1.807, 2.05) is 49.1 Å². The molecule has 1 aromatic heterocycles. The van der Waals surface area contributed by atoms with E-state index in [-0.39, 0.29) is 6.03 Å². The number of aryl methyl sites for hydroxylation is 2. The number of carbonyl (C=O) groups is 1. The summed E-state index contributed by atoms with van der Waals surface area (Å²) in [7, 11) is 0. The summed E-state index contributed by atoms with van der Waals surface area (Å²) in [6.45, 7) is 7.54. The van der Waals surface area contributed by atoms with Gasteiger partial charge in [-0.1, -0.05) is 23.7 Å². The molecule has 6 nitrogen and oxygen atoms in total. The fraction of sp³-hybridized carbons (Fsp3) is 0.333. The lowest BCUT2D eigenvalue weighted by Crippen LogP contribution is -2.49. The highest BCUT2D eigenvalue weighted by molar-refractivity contribution is 6.31. The Balaban J connectivity index is 1.33. The van der Waals surface area contributed by atoms with E-state index in [1.54, 1.807) is 6.07 Å². The van der Waals surface area contributed by atoms with Crippen molar-refractivity contribution in [3.63, 3.8) is 0 Å². The van der Waals surface area contributed by atoms with Gasteiger partial charge < -0.3 is 14.6 Å². The molecule has 28 heavy (non-hydrogen) atoms. The Morgan fingerprint density at radius 3 is 2.71 bits per heavy atom. The molecule has 1 fully saturated rings. The third kappa shape index (κ3) is 4.13.